The van der Waals surface area contributed by atoms with E-state index in [1.807, 2.05) is 0 Å². The molecule has 29 heavy (non-hydrogen) atoms. The van der Waals surface area contributed by atoms with E-state index in [1.54, 1.807) is 7.05 Å². The van der Waals surface area contributed by atoms with Gasteiger partial charge in [-0.25, -0.2) is 9.59 Å². The highest BCUT2D eigenvalue weighted by Gasteiger charge is 2.35. The van der Waals surface area contributed by atoms with Gasteiger partial charge in [0.05, 0.1) is 0 Å². The van der Waals surface area contributed by atoms with Crippen molar-refractivity contribution in [3.8, 4) is 0 Å². The summed E-state index contributed by atoms with van der Waals surface area (Å²) in [6.07, 6.45) is -2.80. The van der Waals surface area contributed by atoms with Crippen molar-refractivity contribution in [3.63, 3.8) is 0 Å². The molecule has 0 atom stereocenters. The van der Waals surface area contributed by atoms with Crippen molar-refractivity contribution in [1.82, 2.24) is 18.3 Å². The van der Waals surface area contributed by atoms with Gasteiger partial charge in [0, 0.05) is 69.2 Å². The zero-order valence-electron chi connectivity index (χ0n) is 15.3. The molecule has 0 amide bonds. The Morgan fingerprint density at radius 1 is 0.793 bits per heavy atom. The maximum absolute atomic E-state index is 12.2. The van der Waals surface area contributed by atoms with Crippen LogP contribution in [0.25, 0.3) is 0 Å². The molecule has 2 heterocycles. The third-order valence-electron chi connectivity index (χ3n) is 3.11. The zero-order chi connectivity index (χ0) is 23.3. The molecule has 15 heteroatoms. The topological polar surface area (TPSA) is 88.0 Å². The van der Waals surface area contributed by atoms with E-state index in [-0.39, 0.29) is 11.2 Å². The largest absolute Gasteiger partial charge is 0.441 e. The van der Waals surface area contributed by atoms with E-state index >= 15 is 0 Å². The Hall–Kier alpha value is -2.33. The Labute approximate surface area is 171 Å². The van der Waals surface area contributed by atoms with Crippen molar-refractivity contribution in [2.24, 2.45) is 28.2 Å². The predicted molar refractivity (Wildman–Crippen MR) is 98.9 cm³/mol. The molecule has 0 fully saturated rings. The first-order valence-electron chi connectivity index (χ1n) is 7.20. The molecule has 0 saturated heterocycles. The van der Waals surface area contributed by atoms with Crippen LogP contribution in [0, 0.1) is 0 Å². The molecule has 0 aliphatic rings. The van der Waals surface area contributed by atoms with Gasteiger partial charge >= 0.3 is 21.7 Å². The van der Waals surface area contributed by atoms with E-state index in [0.29, 0.717) is 37.9 Å². The lowest BCUT2D eigenvalue weighted by Gasteiger charge is -2.08. The molecular formula is C14H15F6IN4O4. The van der Waals surface area contributed by atoms with Gasteiger partial charge in [-0.1, -0.05) is 0 Å². The summed E-state index contributed by atoms with van der Waals surface area (Å²) in [5, 5.41) is 0. The second-order valence-electron chi connectivity index (χ2n) is 5.33. The summed E-state index contributed by atoms with van der Waals surface area (Å²) < 4.78 is 67.2. The first kappa shape index (κ1) is 26.7. The van der Waals surface area contributed by atoms with Gasteiger partial charge in [-0.05, 0) is 0 Å². The summed E-state index contributed by atoms with van der Waals surface area (Å²) in [6, 6.07) is 1.35. The maximum Gasteiger partial charge on any atom is 0.441 e. The monoisotopic (exact) mass is 544 g/mol. The van der Waals surface area contributed by atoms with Crippen LogP contribution in [0.15, 0.2) is 37.6 Å². The maximum atomic E-state index is 12.2. The van der Waals surface area contributed by atoms with Crippen LogP contribution in [-0.4, -0.2) is 22.5 Å². The lowest BCUT2D eigenvalue weighted by molar-refractivity contribution is -0.139. The van der Waals surface area contributed by atoms with Gasteiger partial charge in [-0.3, -0.25) is 18.7 Å². The molecule has 2 aromatic heterocycles. The molecule has 0 N–H and O–H groups in total. The number of hydrogen-bond acceptors (Lipinski definition) is 4. The van der Waals surface area contributed by atoms with Crippen LogP contribution >= 0.6 is 22.6 Å². The van der Waals surface area contributed by atoms with Gasteiger partial charge in [0.15, 0.2) is 0 Å². The van der Waals surface area contributed by atoms with Gasteiger partial charge in [0.1, 0.15) is 5.56 Å². The second-order valence-corrected chi connectivity index (χ2v) is 6.56. The van der Waals surface area contributed by atoms with Crippen molar-refractivity contribution in [3.05, 3.63) is 65.7 Å². The predicted octanol–water partition coefficient (Wildman–Crippen LogP) is 1.13. The van der Waals surface area contributed by atoms with Crippen LogP contribution in [0.1, 0.15) is 5.56 Å². The Balaban J connectivity index is 0.000000455. The minimum Gasteiger partial charge on any atom is -0.303 e. The van der Waals surface area contributed by atoms with E-state index in [0.717, 1.165) is 18.7 Å². The molecule has 2 aromatic rings. The van der Waals surface area contributed by atoms with Gasteiger partial charge in [-0.15, -0.1) is 0 Å². The summed E-state index contributed by atoms with van der Waals surface area (Å²) in [5.74, 6) is 0. The number of rotatable bonds is 0. The molecule has 0 aliphatic carbocycles. The molecule has 2 rings (SSSR count). The molecular weight excluding hydrogens is 529 g/mol. The van der Waals surface area contributed by atoms with Crippen LogP contribution in [0.5, 0.6) is 0 Å². The quantitative estimate of drug-likeness (QED) is 0.283. The van der Waals surface area contributed by atoms with Crippen LogP contribution < -0.4 is 22.5 Å². The molecule has 8 nitrogen and oxygen atoms in total. The fraction of sp³-hybridized carbons (Fsp3) is 0.429. The molecule has 0 aromatic carbocycles. The molecule has 164 valence electrons. The SMILES string of the molecule is Cn1cc(C(F)(F)F)c(=O)n(C)c1=O.Cn1ccc(=O)n(C)c1=O.FC(F)(F)I. The fourth-order valence-electron chi connectivity index (χ4n) is 1.68. The number of halogens is 7. The highest BCUT2D eigenvalue weighted by atomic mass is 127. The average Bonchev–Trinajstić information content (AvgIpc) is 2.56. The van der Waals surface area contributed by atoms with Crippen LogP contribution in [0.3, 0.4) is 0 Å². The number of nitrogens with zero attached hydrogens (tertiary/aromatic N) is 4. The first-order valence-corrected chi connectivity index (χ1v) is 8.28. The number of aromatic nitrogens is 4. The number of alkyl halides is 7. The van der Waals surface area contributed by atoms with Gasteiger partial charge in [-0.2, -0.15) is 26.3 Å². The van der Waals surface area contributed by atoms with Gasteiger partial charge < -0.3 is 9.13 Å². The van der Waals surface area contributed by atoms with Crippen molar-refractivity contribution in [2.75, 3.05) is 0 Å². The van der Waals surface area contributed by atoms with Gasteiger partial charge in [0.25, 0.3) is 11.1 Å². The van der Waals surface area contributed by atoms with Gasteiger partial charge in [0.2, 0.25) is 0 Å². The summed E-state index contributed by atoms with van der Waals surface area (Å²) in [7, 11) is 5.20. The Bertz CT molecular complexity index is 1070. The molecule has 0 radical (unpaired) electrons. The highest BCUT2D eigenvalue weighted by molar-refractivity contribution is 14.1. The Morgan fingerprint density at radius 2 is 1.21 bits per heavy atom. The zero-order valence-corrected chi connectivity index (χ0v) is 17.5. The smallest absolute Gasteiger partial charge is 0.303 e. The summed E-state index contributed by atoms with van der Waals surface area (Å²) in [4.78, 5) is 43.7. The third-order valence-corrected chi connectivity index (χ3v) is 3.11. The van der Waals surface area contributed by atoms with Crippen molar-refractivity contribution >= 4 is 22.6 Å². The first-order chi connectivity index (χ1) is 12.9. The molecule has 0 aliphatic heterocycles. The summed E-state index contributed by atoms with van der Waals surface area (Å²) >= 11 is 0.378. The van der Waals surface area contributed by atoms with Crippen LogP contribution in [0.4, 0.5) is 26.3 Å². The lowest BCUT2D eigenvalue weighted by atomic mass is 10.3. The fourth-order valence-corrected chi connectivity index (χ4v) is 1.68. The summed E-state index contributed by atoms with van der Waals surface area (Å²) in [5.41, 5.74) is -4.04. The highest BCUT2D eigenvalue weighted by Crippen LogP contribution is 2.25. The van der Waals surface area contributed by atoms with Crippen molar-refractivity contribution in [2.45, 2.75) is 10.4 Å². The van der Waals surface area contributed by atoms with E-state index in [2.05, 4.69) is 0 Å². The van der Waals surface area contributed by atoms with E-state index in [9.17, 15) is 45.5 Å². The Kier molecular flexibility index (Phi) is 9.13. The normalized spacial score (nSPS) is 11.1. The molecule has 0 spiro atoms. The van der Waals surface area contributed by atoms with Crippen molar-refractivity contribution < 1.29 is 26.3 Å². The Morgan fingerprint density at radius 3 is 1.59 bits per heavy atom. The van der Waals surface area contributed by atoms with Crippen LogP contribution in [0.2, 0.25) is 0 Å². The van der Waals surface area contributed by atoms with E-state index < -0.39 is 27.2 Å². The van der Waals surface area contributed by atoms with E-state index in [1.165, 1.54) is 23.9 Å². The molecule has 0 saturated carbocycles. The van der Waals surface area contributed by atoms with Crippen LogP contribution in [-0.2, 0) is 34.4 Å². The number of hydrogen-bond donors (Lipinski definition) is 0. The second kappa shape index (κ2) is 9.93. The molecule has 0 unspecified atom stereocenters. The minimum atomic E-state index is -4.74. The summed E-state index contributed by atoms with van der Waals surface area (Å²) in [6.45, 7) is 0. The number of aryl methyl sites for hydroxylation is 2. The van der Waals surface area contributed by atoms with Crippen molar-refractivity contribution in [1.29, 1.82) is 0 Å². The minimum absolute atomic E-state index is 0.275. The van der Waals surface area contributed by atoms with E-state index in [4.69, 9.17) is 0 Å². The average molecular weight is 544 g/mol. The lowest BCUT2D eigenvalue weighted by Crippen LogP contribution is -2.40. The molecule has 0 bridgehead atoms. The standard InChI is InChI=1S/C7H7F3N2O2.C6H8N2O2.CF3I/c1-11-3-4(7(8,9)10)5(13)12(2)6(11)14;1-7-4-3-5(9)8(2)6(7)10;2-1(3,4)5/h3H,1-2H3;3-4H,1-2H3;. The third kappa shape index (κ3) is 8.70.